The number of allylic oxidation sites excluding steroid dienone is 2. The first-order valence-corrected chi connectivity index (χ1v) is 16.0. The van der Waals surface area contributed by atoms with Gasteiger partial charge in [0.15, 0.2) is 0 Å². The third kappa shape index (κ3) is 4.78. The molecule has 0 radical (unpaired) electrons. The average Bonchev–Trinajstić information content (AvgIpc) is 3.34. The van der Waals surface area contributed by atoms with Gasteiger partial charge in [0.25, 0.3) is 0 Å². The second-order valence-corrected chi connectivity index (χ2v) is 14.4. The predicted molar refractivity (Wildman–Crippen MR) is 155 cm³/mol. The summed E-state index contributed by atoms with van der Waals surface area (Å²) in [4.78, 5) is 23.3. The SMILES string of the molecule is CCC(=O)O[C@@H]1CC[C@@]2(C)C(=CC[C@H]3[C@@H]4C[C@]5(CC)OC(CC[C@@H](C)CNC(C)=O)=C(C)[C@@H]5[C@@]4(C)CC[C@@H]32)C1. The lowest BCUT2D eigenvalue weighted by atomic mass is 9.47. The van der Waals surface area contributed by atoms with Crippen molar-refractivity contribution in [2.24, 2.45) is 40.4 Å². The number of esters is 1. The van der Waals surface area contributed by atoms with Gasteiger partial charge in [-0.3, -0.25) is 9.59 Å². The van der Waals surface area contributed by atoms with Gasteiger partial charge in [-0.1, -0.05) is 46.3 Å². The topological polar surface area (TPSA) is 64.6 Å². The minimum absolute atomic E-state index is 0.0501. The van der Waals surface area contributed by atoms with Crippen LogP contribution in [0, 0.1) is 40.4 Å². The molecule has 0 aromatic heterocycles. The van der Waals surface area contributed by atoms with E-state index in [2.05, 4.69) is 46.0 Å². The molecule has 0 bridgehead atoms. The van der Waals surface area contributed by atoms with Crippen LogP contribution in [-0.4, -0.2) is 30.1 Å². The Balaban J connectivity index is 1.34. The van der Waals surface area contributed by atoms with E-state index in [4.69, 9.17) is 9.47 Å². The molecule has 5 heteroatoms. The summed E-state index contributed by atoms with van der Waals surface area (Å²) in [5.74, 6) is 4.35. The molecule has 1 aliphatic heterocycles. The van der Waals surface area contributed by atoms with Gasteiger partial charge in [-0.2, -0.15) is 0 Å². The summed E-state index contributed by atoms with van der Waals surface area (Å²) in [6, 6.07) is 0. The molecule has 218 valence electrons. The van der Waals surface area contributed by atoms with Crippen LogP contribution in [0.2, 0.25) is 0 Å². The van der Waals surface area contributed by atoms with Gasteiger partial charge >= 0.3 is 5.97 Å². The average molecular weight is 540 g/mol. The van der Waals surface area contributed by atoms with Gasteiger partial charge in [-0.25, -0.2) is 0 Å². The van der Waals surface area contributed by atoms with E-state index in [1.807, 2.05) is 6.92 Å². The summed E-state index contributed by atoms with van der Waals surface area (Å²) in [6.45, 7) is 16.3. The van der Waals surface area contributed by atoms with Crippen LogP contribution >= 0.6 is 0 Å². The first-order chi connectivity index (χ1) is 18.5. The molecule has 0 saturated heterocycles. The molecule has 5 nitrogen and oxygen atoms in total. The Kier molecular flexibility index (Phi) is 7.78. The molecule has 1 heterocycles. The molecule has 0 aromatic carbocycles. The van der Waals surface area contributed by atoms with Crippen LogP contribution in [0.5, 0.6) is 0 Å². The highest BCUT2D eigenvalue weighted by Gasteiger charge is 2.68. The maximum absolute atomic E-state index is 12.0. The fourth-order valence-electron chi connectivity index (χ4n) is 10.1. The summed E-state index contributed by atoms with van der Waals surface area (Å²) >= 11 is 0. The molecule has 5 rings (SSSR count). The lowest BCUT2D eigenvalue weighted by Gasteiger charge is -2.58. The smallest absolute Gasteiger partial charge is 0.305 e. The number of hydrogen-bond acceptors (Lipinski definition) is 4. The molecule has 3 saturated carbocycles. The molecule has 5 aliphatic rings. The van der Waals surface area contributed by atoms with Crippen molar-refractivity contribution < 1.29 is 19.1 Å². The van der Waals surface area contributed by atoms with Gasteiger partial charge < -0.3 is 14.8 Å². The quantitative estimate of drug-likeness (QED) is 0.256. The number of amides is 1. The monoisotopic (exact) mass is 539 g/mol. The Morgan fingerprint density at radius 2 is 1.95 bits per heavy atom. The van der Waals surface area contributed by atoms with E-state index >= 15 is 0 Å². The van der Waals surface area contributed by atoms with E-state index in [-0.39, 0.29) is 29.0 Å². The Hall–Kier alpha value is -1.78. The second-order valence-electron chi connectivity index (χ2n) is 14.4. The summed E-state index contributed by atoms with van der Waals surface area (Å²) in [5.41, 5.74) is 3.57. The highest BCUT2D eigenvalue weighted by Crippen LogP contribution is 2.72. The second kappa shape index (κ2) is 10.6. The fraction of sp³-hybridized carbons (Fsp3) is 0.824. The zero-order valence-electron chi connectivity index (χ0n) is 25.7. The molecule has 3 fully saturated rings. The molecule has 9 atom stereocenters. The highest BCUT2D eigenvalue weighted by atomic mass is 16.5. The lowest BCUT2D eigenvalue weighted by molar-refractivity contribution is -0.151. The first-order valence-electron chi connectivity index (χ1n) is 16.0. The largest absolute Gasteiger partial charge is 0.491 e. The standard InChI is InChI=1S/C34H53NO4/c1-8-30(37)38-25-14-16-32(6)24(18-25)11-12-26-27(32)15-17-33(7)28(26)19-34(9-2)31(33)22(4)29(39-34)13-10-21(3)20-35-23(5)36/h11,21,25-28,31H,8-10,12-20H2,1-7H3,(H,35,36)/t21-,25-,26-,27+,28+,31-,32+,33+,34+/m1/s1. The van der Waals surface area contributed by atoms with E-state index in [0.29, 0.717) is 29.6 Å². The maximum atomic E-state index is 12.0. The van der Waals surface area contributed by atoms with Crippen molar-refractivity contribution >= 4 is 11.9 Å². The summed E-state index contributed by atoms with van der Waals surface area (Å²) in [6.07, 6.45) is 14.2. The van der Waals surface area contributed by atoms with Crippen LogP contribution in [0.15, 0.2) is 23.0 Å². The number of fused-ring (bicyclic) bond motifs is 7. The molecular weight excluding hydrogens is 486 g/mol. The van der Waals surface area contributed by atoms with Crippen LogP contribution in [0.1, 0.15) is 119 Å². The molecule has 4 aliphatic carbocycles. The van der Waals surface area contributed by atoms with Crippen molar-refractivity contribution in [3.63, 3.8) is 0 Å². The van der Waals surface area contributed by atoms with E-state index in [1.165, 1.54) is 37.0 Å². The van der Waals surface area contributed by atoms with Crippen molar-refractivity contribution in [1.82, 2.24) is 5.32 Å². The first kappa shape index (κ1) is 28.7. The minimum atomic E-state index is -0.0568. The molecule has 0 aromatic rings. The number of ether oxygens (including phenoxy) is 2. The van der Waals surface area contributed by atoms with Gasteiger partial charge in [-0.05, 0) is 98.4 Å². The van der Waals surface area contributed by atoms with Crippen LogP contribution in [0.3, 0.4) is 0 Å². The van der Waals surface area contributed by atoms with Gasteiger partial charge in [0, 0.05) is 38.6 Å². The Morgan fingerprint density at radius 1 is 1.18 bits per heavy atom. The van der Waals surface area contributed by atoms with E-state index in [9.17, 15) is 9.59 Å². The minimum Gasteiger partial charge on any atom is -0.491 e. The third-order valence-corrected chi connectivity index (χ3v) is 12.2. The molecule has 0 unspecified atom stereocenters. The van der Waals surface area contributed by atoms with E-state index in [0.717, 1.165) is 56.9 Å². The van der Waals surface area contributed by atoms with Gasteiger partial charge in [0.2, 0.25) is 5.91 Å². The predicted octanol–water partition coefficient (Wildman–Crippen LogP) is 7.50. The van der Waals surface area contributed by atoms with Crippen molar-refractivity contribution in [3.8, 4) is 0 Å². The molecule has 0 spiro atoms. The molecule has 39 heavy (non-hydrogen) atoms. The van der Waals surface area contributed by atoms with Crippen molar-refractivity contribution in [3.05, 3.63) is 23.0 Å². The zero-order valence-corrected chi connectivity index (χ0v) is 25.7. The highest BCUT2D eigenvalue weighted by molar-refractivity contribution is 5.72. The summed E-state index contributed by atoms with van der Waals surface area (Å²) in [5, 5.41) is 2.97. The van der Waals surface area contributed by atoms with Crippen LogP contribution in [0.25, 0.3) is 0 Å². The Labute approximate surface area is 236 Å². The zero-order chi connectivity index (χ0) is 28.2. The molecular formula is C34H53NO4. The van der Waals surface area contributed by atoms with E-state index < -0.39 is 0 Å². The van der Waals surface area contributed by atoms with Crippen LogP contribution in [0.4, 0.5) is 0 Å². The number of nitrogens with one attached hydrogen (secondary N) is 1. The van der Waals surface area contributed by atoms with Crippen molar-refractivity contribution in [2.75, 3.05) is 6.54 Å². The number of rotatable bonds is 8. The number of hydrogen-bond donors (Lipinski definition) is 1. The number of carbonyl (C=O) groups excluding carboxylic acids is 2. The summed E-state index contributed by atoms with van der Waals surface area (Å²) < 4.78 is 12.9. The lowest BCUT2D eigenvalue weighted by Crippen LogP contribution is -2.50. The van der Waals surface area contributed by atoms with Gasteiger partial charge in [-0.15, -0.1) is 0 Å². The van der Waals surface area contributed by atoms with Crippen LogP contribution in [-0.2, 0) is 19.1 Å². The van der Waals surface area contributed by atoms with E-state index in [1.54, 1.807) is 12.5 Å². The number of carbonyl (C=O) groups is 2. The van der Waals surface area contributed by atoms with Crippen molar-refractivity contribution in [2.45, 2.75) is 131 Å². The molecule has 1 N–H and O–H groups in total. The molecule has 1 amide bonds. The maximum Gasteiger partial charge on any atom is 0.305 e. The normalized spacial score (nSPS) is 41.4. The Bertz CT molecular complexity index is 1050. The fourth-order valence-corrected chi connectivity index (χ4v) is 10.1. The van der Waals surface area contributed by atoms with Gasteiger partial charge in [0.1, 0.15) is 11.7 Å². The Morgan fingerprint density at radius 3 is 2.64 bits per heavy atom. The van der Waals surface area contributed by atoms with Crippen molar-refractivity contribution in [1.29, 1.82) is 0 Å². The third-order valence-electron chi connectivity index (χ3n) is 12.2. The summed E-state index contributed by atoms with van der Waals surface area (Å²) in [7, 11) is 0. The van der Waals surface area contributed by atoms with Crippen LogP contribution < -0.4 is 5.32 Å². The van der Waals surface area contributed by atoms with Gasteiger partial charge in [0.05, 0.1) is 5.76 Å².